The third-order valence-electron chi connectivity index (χ3n) is 2.56. The van der Waals surface area contributed by atoms with E-state index in [1.165, 1.54) is 0 Å². The lowest BCUT2D eigenvalue weighted by atomic mass is 10.1. The van der Waals surface area contributed by atoms with Crippen LogP contribution in [-0.2, 0) is 0 Å². The molecule has 0 bridgehead atoms. The molecule has 2 aromatic rings. The molecule has 0 amide bonds. The SMILES string of the molecule is NCCCCC(=O)c1cc2ccccc2o1. The van der Waals surface area contributed by atoms with Gasteiger partial charge in [-0.2, -0.15) is 0 Å². The summed E-state index contributed by atoms with van der Waals surface area (Å²) in [4.78, 5) is 11.8. The lowest BCUT2D eigenvalue weighted by Gasteiger charge is -1.95. The van der Waals surface area contributed by atoms with Crippen LogP contribution in [0.1, 0.15) is 29.8 Å². The number of rotatable bonds is 5. The fourth-order valence-electron chi connectivity index (χ4n) is 1.67. The Morgan fingerprint density at radius 1 is 1.25 bits per heavy atom. The number of para-hydroxylation sites is 1. The molecule has 16 heavy (non-hydrogen) atoms. The minimum Gasteiger partial charge on any atom is -0.453 e. The van der Waals surface area contributed by atoms with Crippen molar-refractivity contribution in [2.24, 2.45) is 5.73 Å². The van der Waals surface area contributed by atoms with Crippen molar-refractivity contribution in [1.29, 1.82) is 0 Å². The van der Waals surface area contributed by atoms with Crippen molar-refractivity contribution in [2.75, 3.05) is 6.54 Å². The normalized spacial score (nSPS) is 10.8. The van der Waals surface area contributed by atoms with Crippen LogP contribution in [0.25, 0.3) is 11.0 Å². The van der Waals surface area contributed by atoms with Crippen LogP contribution in [0.5, 0.6) is 0 Å². The van der Waals surface area contributed by atoms with E-state index in [9.17, 15) is 4.79 Å². The molecule has 0 aliphatic carbocycles. The van der Waals surface area contributed by atoms with E-state index in [2.05, 4.69) is 0 Å². The van der Waals surface area contributed by atoms with Crippen molar-refractivity contribution >= 4 is 16.8 Å². The van der Waals surface area contributed by atoms with Crippen molar-refractivity contribution in [2.45, 2.75) is 19.3 Å². The van der Waals surface area contributed by atoms with E-state index in [1.54, 1.807) is 6.07 Å². The number of nitrogens with two attached hydrogens (primary N) is 1. The molecule has 0 fully saturated rings. The average Bonchev–Trinajstić information content (AvgIpc) is 2.73. The lowest BCUT2D eigenvalue weighted by molar-refractivity contribution is 0.0955. The highest BCUT2D eigenvalue weighted by Crippen LogP contribution is 2.20. The molecule has 0 spiro atoms. The number of fused-ring (bicyclic) bond motifs is 1. The van der Waals surface area contributed by atoms with E-state index in [0.717, 1.165) is 23.8 Å². The minimum absolute atomic E-state index is 0.0599. The summed E-state index contributed by atoms with van der Waals surface area (Å²) in [7, 11) is 0. The third-order valence-corrected chi connectivity index (χ3v) is 2.56. The summed E-state index contributed by atoms with van der Waals surface area (Å²) in [5.74, 6) is 0.517. The van der Waals surface area contributed by atoms with Crippen LogP contribution in [0.4, 0.5) is 0 Å². The zero-order chi connectivity index (χ0) is 11.4. The Hall–Kier alpha value is -1.61. The number of carbonyl (C=O) groups is 1. The summed E-state index contributed by atoms with van der Waals surface area (Å²) in [6.45, 7) is 0.632. The highest BCUT2D eigenvalue weighted by atomic mass is 16.3. The highest BCUT2D eigenvalue weighted by molar-refractivity contribution is 5.97. The molecule has 1 aromatic carbocycles. The summed E-state index contributed by atoms with van der Waals surface area (Å²) in [6.07, 6.45) is 2.22. The summed E-state index contributed by atoms with van der Waals surface area (Å²) in [6, 6.07) is 9.44. The third kappa shape index (κ3) is 2.31. The Morgan fingerprint density at radius 3 is 2.81 bits per heavy atom. The maximum absolute atomic E-state index is 11.8. The van der Waals surface area contributed by atoms with E-state index >= 15 is 0 Å². The molecule has 0 unspecified atom stereocenters. The molecule has 84 valence electrons. The van der Waals surface area contributed by atoms with E-state index in [4.69, 9.17) is 10.2 Å². The van der Waals surface area contributed by atoms with Crippen LogP contribution in [0.15, 0.2) is 34.7 Å². The molecule has 2 N–H and O–H groups in total. The Bertz CT molecular complexity index is 454. The first-order valence-corrected chi connectivity index (χ1v) is 5.53. The van der Waals surface area contributed by atoms with Crippen molar-refractivity contribution in [3.05, 3.63) is 36.1 Å². The van der Waals surface area contributed by atoms with Crippen LogP contribution >= 0.6 is 0 Å². The van der Waals surface area contributed by atoms with Crippen molar-refractivity contribution in [3.63, 3.8) is 0 Å². The first-order valence-electron chi connectivity index (χ1n) is 5.53. The summed E-state index contributed by atoms with van der Waals surface area (Å²) in [5.41, 5.74) is 6.15. The predicted octanol–water partition coefficient (Wildman–Crippen LogP) is 2.74. The first-order chi connectivity index (χ1) is 7.81. The highest BCUT2D eigenvalue weighted by Gasteiger charge is 2.11. The average molecular weight is 217 g/mol. The molecule has 0 saturated heterocycles. The van der Waals surface area contributed by atoms with Gasteiger partial charge in [-0.1, -0.05) is 18.2 Å². The number of carbonyl (C=O) groups excluding carboxylic acids is 1. The molecular weight excluding hydrogens is 202 g/mol. The first kappa shape index (κ1) is 10.9. The molecular formula is C13H15NO2. The fraction of sp³-hybridized carbons (Fsp3) is 0.308. The molecule has 0 atom stereocenters. The number of hydrogen-bond donors (Lipinski definition) is 1. The van der Waals surface area contributed by atoms with Gasteiger partial charge in [0.25, 0.3) is 0 Å². The van der Waals surface area contributed by atoms with Crippen LogP contribution in [0, 0.1) is 0 Å². The number of benzene rings is 1. The Kier molecular flexibility index (Phi) is 3.37. The molecule has 1 aromatic heterocycles. The number of ketones is 1. The number of furan rings is 1. The standard InChI is InChI=1S/C13H15NO2/c14-8-4-3-6-11(15)13-9-10-5-1-2-7-12(10)16-13/h1-2,5,7,9H,3-4,6,8,14H2. The van der Waals surface area contributed by atoms with Gasteiger partial charge in [0, 0.05) is 11.8 Å². The van der Waals surface area contributed by atoms with E-state index < -0.39 is 0 Å². The van der Waals surface area contributed by atoms with Crippen molar-refractivity contribution < 1.29 is 9.21 Å². The van der Waals surface area contributed by atoms with E-state index in [-0.39, 0.29) is 5.78 Å². The second-order valence-corrected chi connectivity index (χ2v) is 3.82. The van der Waals surface area contributed by atoms with Crippen LogP contribution in [0.3, 0.4) is 0 Å². The largest absolute Gasteiger partial charge is 0.453 e. The van der Waals surface area contributed by atoms with Crippen molar-refractivity contribution in [3.8, 4) is 0 Å². The molecule has 0 aliphatic heterocycles. The molecule has 0 saturated carbocycles. The zero-order valence-electron chi connectivity index (χ0n) is 9.11. The van der Waals surface area contributed by atoms with Gasteiger partial charge in [-0.3, -0.25) is 4.79 Å². The van der Waals surface area contributed by atoms with Gasteiger partial charge in [0.2, 0.25) is 0 Å². The van der Waals surface area contributed by atoms with Gasteiger partial charge in [0.15, 0.2) is 11.5 Å². The van der Waals surface area contributed by atoms with Crippen molar-refractivity contribution in [1.82, 2.24) is 0 Å². The fourth-order valence-corrected chi connectivity index (χ4v) is 1.67. The quantitative estimate of drug-likeness (QED) is 0.618. The zero-order valence-corrected chi connectivity index (χ0v) is 9.11. The van der Waals surface area contributed by atoms with Gasteiger partial charge in [-0.25, -0.2) is 0 Å². The maximum Gasteiger partial charge on any atom is 0.198 e. The molecule has 1 heterocycles. The smallest absolute Gasteiger partial charge is 0.198 e. The van der Waals surface area contributed by atoms with Gasteiger partial charge >= 0.3 is 0 Å². The Labute approximate surface area is 94.2 Å². The molecule has 3 nitrogen and oxygen atoms in total. The number of hydrogen-bond acceptors (Lipinski definition) is 3. The van der Waals surface area contributed by atoms with Gasteiger partial charge in [0.1, 0.15) is 5.58 Å². The minimum atomic E-state index is 0.0599. The summed E-state index contributed by atoms with van der Waals surface area (Å²) in [5, 5.41) is 0.977. The van der Waals surface area contributed by atoms with Crippen LogP contribution < -0.4 is 5.73 Å². The van der Waals surface area contributed by atoms with Gasteiger partial charge in [0.05, 0.1) is 0 Å². The number of unbranched alkanes of at least 4 members (excludes halogenated alkanes) is 1. The molecule has 0 aliphatic rings. The van der Waals surface area contributed by atoms with Crippen LogP contribution in [0.2, 0.25) is 0 Å². The van der Waals surface area contributed by atoms with Gasteiger partial charge in [-0.05, 0) is 31.5 Å². The van der Waals surface area contributed by atoms with Gasteiger partial charge in [-0.15, -0.1) is 0 Å². The molecule has 0 radical (unpaired) electrons. The topological polar surface area (TPSA) is 56.2 Å². The van der Waals surface area contributed by atoms with Crippen LogP contribution in [-0.4, -0.2) is 12.3 Å². The molecule has 3 heteroatoms. The van der Waals surface area contributed by atoms with E-state index in [1.807, 2.05) is 24.3 Å². The summed E-state index contributed by atoms with van der Waals surface area (Å²) < 4.78 is 5.48. The Morgan fingerprint density at radius 2 is 2.06 bits per heavy atom. The second kappa shape index (κ2) is 4.94. The Balaban J connectivity index is 2.11. The van der Waals surface area contributed by atoms with Gasteiger partial charge < -0.3 is 10.2 Å². The second-order valence-electron chi connectivity index (χ2n) is 3.82. The number of Topliss-reactive ketones (excluding diaryl/α,β-unsaturated/α-hetero) is 1. The monoisotopic (exact) mass is 217 g/mol. The predicted molar refractivity (Wildman–Crippen MR) is 63.4 cm³/mol. The lowest BCUT2D eigenvalue weighted by Crippen LogP contribution is -2.01. The van der Waals surface area contributed by atoms with E-state index in [0.29, 0.717) is 18.7 Å². The maximum atomic E-state index is 11.8. The molecule has 2 rings (SSSR count). The summed E-state index contributed by atoms with van der Waals surface area (Å²) >= 11 is 0.